The third kappa shape index (κ3) is 1.72. The second-order valence-electron chi connectivity index (χ2n) is 2.36. The van der Waals surface area contributed by atoms with Gasteiger partial charge < -0.3 is 5.73 Å². The SMILES string of the molecule is Cc1cc(N)c(C(F)F)c(Br)n1. The lowest BCUT2D eigenvalue weighted by Gasteiger charge is -2.06. The fourth-order valence-corrected chi connectivity index (χ4v) is 1.57. The number of rotatable bonds is 1. The molecule has 0 amide bonds. The third-order valence-corrected chi connectivity index (χ3v) is 1.99. The highest BCUT2D eigenvalue weighted by Gasteiger charge is 2.16. The molecule has 0 fully saturated rings. The van der Waals surface area contributed by atoms with Gasteiger partial charge in [0.05, 0.1) is 5.56 Å². The zero-order valence-corrected chi connectivity index (χ0v) is 7.90. The summed E-state index contributed by atoms with van der Waals surface area (Å²) >= 11 is 2.93. The summed E-state index contributed by atoms with van der Waals surface area (Å²) in [5, 5.41) is 0. The number of alkyl halides is 2. The predicted octanol–water partition coefficient (Wildman–Crippen LogP) is 2.67. The molecule has 0 atom stereocenters. The maximum atomic E-state index is 12.3. The second kappa shape index (κ2) is 3.35. The molecule has 1 aromatic rings. The molecule has 0 aliphatic heterocycles. The van der Waals surface area contributed by atoms with Gasteiger partial charge in [0, 0.05) is 11.4 Å². The molecule has 1 heterocycles. The van der Waals surface area contributed by atoms with Crippen LogP contribution in [0.4, 0.5) is 14.5 Å². The molecule has 2 N–H and O–H groups in total. The highest BCUT2D eigenvalue weighted by atomic mass is 79.9. The van der Waals surface area contributed by atoms with E-state index >= 15 is 0 Å². The van der Waals surface area contributed by atoms with E-state index in [1.807, 2.05) is 0 Å². The second-order valence-corrected chi connectivity index (χ2v) is 3.11. The van der Waals surface area contributed by atoms with Crippen LogP contribution in [-0.2, 0) is 0 Å². The van der Waals surface area contributed by atoms with Crippen molar-refractivity contribution in [3.05, 3.63) is 21.9 Å². The summed E-state index contributed by atoms with van der Waals surface area (Å²) in [4.78, 5) is 3.81. The highest BCUT2D eigenvalue weighted by molar-refractivity contribution is 9.10. The van der Waals surface area contributed by atoms with Crippen LogP contribution < -0.4 is 5.73 Å². The van der Waals surface area contributed by atoms with Gasteiger partial charge in [-0.2, -0.15) is 0 Å². The number of aromatic nitrogens is 1. The fraction of sp³-hybridized carbons (Fsp3) is 0.286. The Balaban J connectivity index is 3.28. The molecule has 0 aliphatic rings. The van der Waals surface area contributed by atoms with Crippen molar-refractivity contribution in [2.45, 2.75) is 13.3 Å². The molecular weight excluding hydrogens is 230 g/mol. The van der Waals surface area contributed by atoms with Crippen molar-refractivity contribution in [1.29, 1.82) is 0 Å². The van der Waals surface area contributed by atoms with E-state index in [0.717, 1.165) is 0 Å². The van der Waals surface area contributed by atoms with Crippen molar-refractivity contribution in [1.82, 2.24) is 4.98 Å². The molecule has 0 aromatic carbocycles. The first-order valence-electron chi connectivity index (χ1n) is 3.23. The largest absolute Gasteiger partial charge is 0.398 e. The predicted molar refractivity (Wildman–Crippen MR) is 46.0 cm³/mol. The normalized spacial score (nSPS) is 10.8. The number of anilines is 1. The first-order valence-corrected chi connectivity index (χ1v) is 4.02. The number of hydrogen-bond acceptors (Lipinski definition) is 2. The zero-order valence-electron chi connectivity index (χ0n) is 6.31. The van der Waals surface area contributed by atoms with Crippen LogP contribution in [0.3, 0.4) is 0 Å². The lowest BCUT2D eigenvalue weighted by Crippen LogP contribution is -1.99. The molecule has 0 spiro atoms. The zero-order chi connectivity index (χ0) is 9.30. The number of nitrogens with two attached hydrogens (primary N) is 1. The molecule has 0 bridgehead atoms. The summed E-state index contributed by atoms with van der Waals surface area (Å²) in [6.07, 6.45) is -2.59. The van der Waals surface area contributed by atoms with Gasteiger partial charge in [0.1, 0.15) is 4.60 Å². The van der Waals surface area contributed by atoms with Gasteiger partial charge in [0.15, 0.2) is 0 Å². The molecule has 0 saturated heterocycles. The Kier molecular flexibility index (Phi) is 2.62. The fourth-order valence-electron chi connectivity index (χ4n) is 0.885. The van der Waals surface area contributed by atoms with Gasteiger partial charge in [-0.05, 0) is 28.9 Å². The molecule has 66 valence electrons. The minimum absolute atomic E-state index is 0.0735. The average Bonchev–Trinajstić information content (AvgIpc) is 1.82. The number of halogens is 3. The smallest absolute Gasteiger partial charge is 0.268 e. The van der Waals surface area contributed by atoms with Crippen LogP contribution in [0.25, 0.3) is 0 Å². The maximum Gasteiger partial charge on any atom is 0.268 e. The van der Waals surface area contributed by atoms with E-state index in [0.29, 0.717) is 5.69 Å². The molecule has 12 heavy (non-hydrogen) atoms. The van der Waals surface area contributed by atoms with E-state index < -0.39 is 6.43 Å². The molecular formula is C7H7BrF2N2. The van der Waals surface area contributed by atoms with E-state index in [1.54, 1.807) is 6.92 Å². The summed E-state index contributed by atoms with van der Waals surface area (Å²) in [6, 6.07) is 1.42. The molecule has 1 aromatic heterocycles. The van der Waals surface area contributed by atoms with Crippen molar-refractivity contribution < 1.29 is 8.78 Å². The Bertz CT molecular complexity index is 278. The molecule has 1 rings (SSSR count). The van der Waals surface area contributed by atoms with E-state index in [-0.39, 0.29) is 15.9 Å². The quantitative estimate of drug-likeness (QED) is 0.762. The minimum atomic E-state index is -2.59. The van der Waals surface area contributed by atoms with Gasteiger partial charge in [-0.3, -0.25) is 0 Å². The van der Waals surface area contributed by atoms with Crippen LogP contribution >= 0.6 is 15.9 Å². The molecule has 0 unspecified atom stereocenters. The summed E-state index contributed by atoms with van der Waals surface area (Å²) < 4.78 is 24.7. The Morgan fingerprint density at radius 2 is 2.17 bits per heavy atom. The highest BCUT2D eigenvalue weighted by Crippen LogP contribution is 2.31. The van der Waals surface area contributed by atoms with Crippen molar-refractivity contribution in [3.63, 3.8) is 0 Å². The Morgan fingerprint density at radius 1 is 1.58 bits per heavy atom. The van der Waals surface area contributed by atoms with Crippen LogP contribution in [0, 0.1) is 6.92 Å². The van der Waals surface area contributed by atoms with E-state index in [4.69, 9.17) is 5.73 Å². The lowest BCUT2D eigenvalue weighted by molar-refractivity contribution is 0.151. The first-order chi connectivity index (χ1) is 5.52. The van der Waals surface area contributed by atoms with Gasteiger partial charge >= 0.3 is 0 Å². The standard InChI is InChI=1S/C7H7BrF2N2/c1-3-2-4(11)5(7(9)10)6(8)12-3/h2,7H,1H3,(H2,11,12). The summed E-state index contributed by atoms with van der Waals surface area (Å²) in [5.41, 5.74) is 5.83. The van der Waals surface area contributed by atoms with Gasteiger partial charge in [-0.15, -0.1) is 0 Å². The number of aryl methyl sites for hydroxylation is 1. The van der Waals surface area contributed by atoms with Crippen molar-refractivity contribution in [3.8, 4) is 0 Å². The molecule has 0 aliphatic carbocycles. The van der Waals surface area contributed by atoms with Gasteiger partial charge in [0.25, 0.3) is 6.43 Å². The Morgan fingerprint density at radius 3 is 2.58 bits per heavy atom. The van der Waals surface area contributed by atoms with E-state index in [1.165, 1.54) is 6.07 Å². The van der Waals surface area contributed by atoms with Crippen LogP contribution in [-0.4, -0.2) is 4.98 Å². The lowest BCUT2D eigenvalue weighted by atomic mass is 10.2. The Labute approximate surface area is 76.9 Å². The van der Waals surface area contributed by atoms with Crippen LogP contribution in [0.5, 0.6) is 0 Å². The first kappa shape index (κ1) is 9.38. The minimum Gasteiger partial charge on any atom is -0.398 e. The third-order valence-electron chi connectivity index (χ3n) is 1.39. The molecule has 5 heteroatoms. The monoisotopic (exact) mass is 236 g/mol. The number of nitrogen functional groups attached to an aromatic ring is 1. The number of nitrogens with zero attached hydrogens (tertiary/aromatic N) is 1. The van der Waals surface area contributed by atoms with Crippen molar-refractivity contribution >= 4 is 21.6 Å². The van der Waals surface area contributed by atoms with E-state index in [9.17, 15) is 8.78 Å². The summed E-state index contributed by atoms with van der Waals surface area (Å²) in [7, 11) is 0. The van der Waals surface area contributed by atoms with E-state index in [2.05, 4.69) is 20.9 Å². The van der Waals surface area contributed by atoms with Crippen LogP contribution in [0.1, 0.15) is 17.7 Å². The summed E-state index contributed by atoms with van der Waals surface area (Å²) in [6.45, 7) is 1.69. The van der Waals surface area contributed by atoms with Crippen LogP contribution in [0.2, 0.25) is 0 Å². The molecule has 0 radical (unpaired) electrons. The van der Waals surface area contributed by atoms with Crippen molar-refractivity contribution in [2.75, 3.05) is 5.73 Å². The average molecular weight is 237 g/mol. The molecule has 2 nitrogen and oxygen atoms in total. The van der Waals surface area contributed by atoms with Gasteiger partial charge in [-0.1, -0.05) is 0 Å². The maximum absolute atomic E-state index is 12.3. The van der Waals surface area contributed by atoms with Gasteiger partial charge in [-0.25, -0.2) is 13.8 Å². The van der Waals surface area contributed by atoms with Crippen LogP contribution in [0.15, 0.2) is 10.7 Å². The number of hydrogen-bond donors (Lipinski definition) is 1. The summed E-state index contributed by atoms with van der Waals surface area (Å²) in [5.74, 6) is 0. The topological polar surface area (TPSA) is 38.9 Å². The van der Waals surface area contributed by atoms with Crippen molar-refractivity contribution in [2.24, 2.45) is 0 Å². The Hall–Kier alpha value is -0.710. The number of pyridine rings is 1. The molecule has 0 saturated carbocycles. The van der Waals surface area contributed by atoms with Gasteiger partial charge in [0.2, 0.25) is 0 Å².